The zero-order valence-electron chi connectivity index (χ0n) is 14.6. The van der Waals surface area contributed by atoms with Gasteiger partial charge in [0.15, 0.2) is 0 Å². The molecule has 2 aromatic carbocycles. The summed E-state index contributed by atoms with van der Waals surface area (Å²) in [6.07, 6.45) is 1.18. The van der Waals surface area contributed by atoms with E-state index in [4.69, 9.17) is 16.0 Å². The first-order chi connectivity index (χ1) is 13.9. The van der Waals surface area contributed by atoms with E-state index in [1.165, 1.54) is 6.08 Å². The van der Waals surface area contributed by atoms with Crippen LogP contribution in [-0.4, -0.2) is 10.8 Å². The number of anilines is 1. The van der Waals surface area contributed by atoms with Crippen molar-refractivity contribution in [3.05, 3.63) is 86.9 Å². The number of carbonyl (C=O) groups excluding carboxylic acids is 1. The zero-order valence-corrected chi connectivity index (χ0v) is 15.3. The predicted octanol–water partition coefficient (Wildman–Crippen LogP) is 5.19. The van der Waals surface area contributed by atoms with E-state index in [1.54, 1.807) is 42.5 Å². The second-order valence-electron chi connectivity index (χ2n) is 5.75. The molecule has 0 bridgehead atoms. The number of benzene rings is 2. The molecule has 3 aromatic rings. The van der Waals surface area contributed by atoms with E-state index in [9.17, 15) is 24.6 Å². The van der Waals surface area contributed by atoms with Gasteiger partial charge in [0.2, 0.25) is 0 Å². The summed E-state index contributed by atoms with van der Waals surface area (Å²) in [6, 6.07) is 14.5. The number of rotatable bonds is 5. The van der Waals surface area contributed by atoms with Gasteiger partial charge in [-0.2, -0.15) is 5.26 Å². The summed E-state index contributed by atoms with van der Waals surface area (Å²) in [5.74, 6) is -1.09. The van der Waals surface area contributed by atoms with Crippen molar-refractivity contribution in [2.24, 2.45) is 0 Å². The molecular weight excluding hydrogens is 401 g/mol. The fraction of sp³-hybridized carbons (Fsp3) is 0. The minimum absolute atomic E-state index is 0.223. The van der Waals surface area contributed by atoms with Crippen LogP contribution >= 0.6 is 11.6 Å². The van der Waals surface area contributed by atoms with Gasteiger partial charge in [0, 0.05) is 28.8 Å². The van der Waals surface area contributed by atoms with Gasteiger partial charge >= 0.3 is 0 Å². The Labute approximate surface area is 168 Å². The van der Waals surface area contributed by atoms with Crippen LogP contribution in [0, 0.1) is 27.3 Å². The summed E-state index contributed by atoms with van der Waals surface area (Å²) in [5.41, 5.74) is -0.432. The van der Waals surface area contributed by atoms with Crippen molar-refractivity contribution in [1.29, 1.82) is 5.26 Å². The molecule has 0 aliphatic carbocycles. The number of furan rings is 1. The number of nitriles is 1. The number of hydrogen-bond acceptors (Lipinski definition) is 5. The van der Waals surface area contributed by atoms with E-state index in [2.05, 4.69) is 5.32 Å². The number of hydrogen-bond donors (Lipinski definition) is 1. The summed E-state index contributed by atoms with van der Waals surface area (Å²) in [7, 11) is 0. The molecule has 9 heteroatoms. The van der Waals surface area contributed by atoms with Gasteiger partial charge in [-0.1, -0.05) is 11.6 Å². The number of nitrogens with zero attached hydrogens (tertiary/aromatic N) is 2. The van der Waals surface area contributed by atoms with E-state index >= 15 is 0 Å². The molecule has 1 N–H and O–H groups in total. The Balaban J connectivity index is 1.83. The number of nitro benzene ring substituents is 1. The maximum absolute atomic E-state index is 13.8. The quantitative estimate of drug-likeness (QED) is 0.269. The molecule has 0 saturated heterocycles. The second kappa shape index (κ2) is 8.37. The van der Waals surface area contributed by atoms with Crippen LogP contribution in [0.15, 0.2) is 64.6 Å². The minimum Gasteiger partial charge on any atom is -0.457 e. The van der Waals surface area contributed by atoms with Crippen LogP contribution in [0.2, 0.25) is 5.02 Å². The summed E-state index contributed by atoms with van der Waals surface area (Å²) in [6.45, 7) is 0. The average Bonchev–Trinajstić information content (AvgIpc) is 3.16. The van der Waals surface area contributed by atoms with Gasteiger partial charge in [0.1, 0.15) is 29.0 Å². The van der Waals surface area contributed by atoms with Crippen LogP contribution < -0.4 is 5.32 Å². The van der Waals surface area contributed by atoms with Crippen molar-refractivity contribution in [1.82, 2.24) is 0 Å². The molecule has 1 amide bonds. The van der Waals surface area contributed by atoms with Crippen LogP contribution in [0.4, 0.5) is 15.8 Å². The van der Waals surface area contributed by atoms with E-state index in [0.29, 0.717) is 10.8 Å². The Morgan fingerprint density at radius 3 is 2.59 bits per heavy atom. The molecule has 0 unspecified atom stereocenters. The first kappa shape index (κ1) is 19.8. The first-order valence-corrected chi connectivity index (χ1v) is 8.48. The topological polar surface area (TPSA) is 109 Å². The molecule has 0 aliphatic rings. The maximum atomic E-state index is 13.8. The van der Waals surface area contributed by atoms with E-state index in [-0.39, 0.29) is 11.3 Å². The molecule has 0 spiro atoms. The predicted molar refractivity (Wildman–Crippen MR) is 104 cm³/mol. The third kappa shape index (κ3) is 4.66. The zero-order chi connectivity index (χ0) is 21.0. The lowest BCUT2D eigenvalue weighted by Gasteiger charge is -2.05. The van der Waals surface area contributed by atoms with E-state index in [0.717, 1.165) is 23.8 Å². The van der Waals surface area contributed by atoms with Crippen LogP contribution in [-0.2, 0) is 4.79 Å². The highest BCUT2D eigenvalue weighted by Gasteiger charge is 2.16. The summed E-state index contributed by atoms with van der Waals surface area (Å²) in [4.78, 5) is 22.4. The SMILES string of the molecule is N#C/C(=C\c1ccc(-c2ccc(Cl)cc2)o1)C(=O)Nc1cc([N+](=O)[O-])ccc1F. The maximum Gasteiger partial charge on any atom is 0.271 e. The van der Waals surface area contributed by atoms with Gasteiger partial charge in [0.05, 0.1) is 10.6 Å². The molecule has 1 aromatic heterocycles. The third-order valence-corrected chi connectivity index (χ3v) is 4.07. The molecule has 1 heterocycles. The van der Waals surface area contributed by atoms with Gasteiger partial charge in [0.25, 0.3) is 11.6 Å². The van der Waals surface area contributed by atoms with Crippen molar-refractivity contribution in [2.45, 2.75) is 0 Å². The molecule has 0 saturated carbocycles. The Morgan fingerprint density at radius 2 is 1.93 bits per heavy atom. The highest BCUT2D eigenvalue weighted by molar-refractivity contribution is 6.30. The van der Waals surface area contributed by atoms with Crippen LogP contribution in [0.3, 0.4) is 0 Å². The van der Waals surface area contributed by atoms with Crippen molar-refractivity contribution in [3.63, 3.8) is 0 Å². The van der Waals surface area contributed by atoms with Crippen LogP contribution in [0.25, 0.3) is 17.4 Å². The monoisotopic (exact) mass is 411 g/mol. The molecule has 29 heavy (non-hydrogen) atoms. The number of carbonyl (C=O) groups is 1. The number of halogens is 2. The van der Waals surface area contributed by atoms with Gasteiger partial charge in [-0.3, -0.25) is 14.9 Å². The van der Waals surface area contributed by atoms with E-state index in [1.807, 2.05) is 0 Å². The molecule has 144 valence electrons. The van der Waals surface area contributed by atoms with Crippen molar-refractivity contribution in [2.75, 3.05) is 5.32 Å². The molecular formula is C20H11ClFN3O4. The first-order valence-electron chi connectivity index (χ1n) is 8.10. The van der Waals surface area contributed by atoms with Crippen LogP contribution in [0.1, 0.15) is 5.76 Å². The summed E-state index contributed by atoms with van der Waals surface area (Å²) < 4.78 is 19.4. The highest BCUT2D eigenvalue weighted by Crippen LogP contribution is 2.25. The minimum atomic E-state index is -0.934. The number of nitrogens with one attached hydrogen (secondary N) is 1. The molecule has 0 radical (unpaired) electrons. The van der Waals surface area contributed by atoms with Gasteiger partial charge in [-0.05, 0) is 42.5 Å². The highest BCUT2D eigenvalue weighted by atomic mass is 35.5. The average molecular weight is 412 g/mol. The molecule has 3 rings (SSSR count). The Morgan fingerprint density at radius 1 is 1.21 bits per heavy atom. The standard InChI is InChI=1S/C20H11ClFN3O4/c21-14-3-1-12(2-4-14)19-8-6-16(29-19)9-13(11-23)20(26)24-18-10-15(25(27)28)5-7-17(18)22/h1-10H,(H,24,26)/b13-9+. The molecule has 0 fully saturated rings. The fourth-order valence-electron chi connectivity index (χ4n) is 2.40. The molecule has 0 atom stereocenters. The lowest BCUT2D eigenvalue weighted by Crippen LogP contribution is -2.14. The smallest absolute Gasteiger partial charge is 0.271 e. The summed E-state index contributed by atoms with van der Waals surface area (Å²) in [5, 5.41) is 22.8. The number of amides is 1. The Kier molecular flexibility index (Phi) is 5.71. The number of non-ortho nitro benzene ring substituents is 1. The summed E-state index contributed by atoms with van der Waals surface area (Å²) >= 11 is 5.85. The van der Waals surface area contributed by atoms with Gasteiger partial charge < -0.3 is 9.73 Å². The largest absolute Gasteiger partial charge is 0.457 e. The number of nitro groups is 1. The molecule has 0 aliphatic heterocycles. The van der Waals surface area contributed by atoms with Crippen LogP contribution in [0.5, 0.6) is 0 Å². The lowest BCUT2D eigenvalue weighted by atomic mass is 10.2. The fourth-order valence-corrected chi connectivity index (χ4v) is 2.53. The Bertz CT molecular complexity index is 1160. The van der Waals surface area contributed by atoms with E-state index < -0.39 is 28.0 Å². The van der Waals surface area contributed by atoms with Crippen molar-refractivity contribution < 1.29 is 18.5 Å². The third-order valence-electron chi connectivity index (χ3n) is 3.82. The van der Waals surface area contributed by atoms with Gasteiger partial charge in [-0.25, -0.2) is 4.39 Å². The second-order valence-corrected chi connectivity index (χ2v) is 6.19. The normalized spacial score (nSPS) is 11.0. The van der Waals surface area contributed by atoms with Gasteiger partial charge in [-0.15, -0.1) is 0 Å². The van der Waals surface area contributed by atoms with Crippen molar-refractivity contribution >= 4 is 35.0 Å². The Hall–Kier alpha value is -3.96. The lowest BCUT2D eigenvalue weighted by molar-refractivity contribution is -0.384. The van der Waals surface area contributed by atoms with Crippen molar-refractivity contribution in [3.8, 4) is 17.4 Å². The molecule has 7 nitrogen and oxygen atoms in total.